The molecule has 0 saturated carbocycles. The molecule has 0 aliphatic carbocycles. The van der Waals surface area contributed by atoms with Gasteiger partial charge in [0.25, 0.3) is 0 Å². The fraction of sp³-hybridized carbons (Fsp3) is 1.00. The average molecular weight is 241 g/mol. The Morgan fingerprint density at radius 1 is 0.941 bits per heavy atom. The van der Waals surface area contributed by atoms with E-state index in [0.717, 1.165) is 32.1 Å². The smallest absolute Gasteiger partial charge is 0.0143 e. The van der Waals surface area contributed by atoms with E-state index >= 15 is 0 Å². The molecule has 0 atom stereocenters. The third-order valence-corrected chi connectivity index (χ3v) is 4.10. The Morgan fingerprint density at radius 2 is 1.59 bits per heavy atom. The van der Waals surface area contributed by atoms with E-state index in [2.05, 4.69) is 9.80 Å². The monoisotopic (exact) mass is 241 g/mol. The molecule has 2 rings (SSSR count). The maximum Gasteiger partial charge on any atom is 0.0143 e. The molecule has 5 heteroatoms. The maximum atomic E-state index is 5.80. The summed E-state index contributed by atoms with van der Waals surface area (Å²) in [5.74, 6) is 5.80. The van der Waals surface area contributed by atoms with Crippen molar-refractivity contribution in [1.29, 1.82) is 0 Å². The third-order valence-electron chi connectivity index (χ3n) is 4.10. The number of hydrazine groups is 1. The second-order valence-electron chi connectivity index (χ2n) is 5.29. The van der Waals surface area contributed by atoms with Crippen LogP contribution in [0.4, 0.5) is 0 Å². The first-order valence-corrected chi connectivity index (χ1v) is 6.95. The summed E-state index contributed by atoms with van der Waals surface area (Å²) in [4.78, 5) is 5.20. The fourth-order valence-electron chi connectivity index (χ4n) is 2.92. The van der Waals surface area contributed by atoms with Crippen LogP contribution >= 0.6 is 0 Å². The summed E-state index contributed by atoms with van der Waals surface area (Å²) >= 11 is 0. The predicted molar refractivity (Wildman–Crippen MR) is 70.5 cm³/mol. The lowest BCUT2D eigenvalue weighted by Gasteiger charge is -2.42. The molecule has 0 bridgehead atoms. The quantitative estimate of drug-likeness (QED) is 0.637. The summed E-state index contributed by atoms with van der Waals surface area (Å²) < 4.78 is 0. The van der Waals surface area contributed by atoms with Gasteiger partial charge in [0.15, 0.2) is 0 Å². The van der Waals surface area contributed by atoms with Crippen LogP contribution in [0.1, 0.15) is 19.3 Å². The van der Waals surface area contributed by atoms with Gasteiger partial charge in [0.05, 0.1) is 0 Å². The minimum Gasteiger partial charge on any atom is -0.330 e. The Kier molecular flexibility index (Phi) is 5.18. The molecule has 0 aromatic carbocycles. The van der Waals surface area contributed by atoms with Gasteiger partial charge in [0.2, 0.25) is 0 Å². The van der Waals surface area contributed by atoms with Crippen LogP contribution in [0.3, 0.4) is 0 Å². The van der Waals surface area contributed by atoms with Gasteiger partial charge >= 0.3 is 0 Å². The zero-order valence-electron chi connectivity index (χ0n) is 10.9. The Balaban J connectivity index is 1.68. The van der Waals surface area contributed by atoms with Crippen molar-refractivity contribution < 1.29 is 0 Å². The van der Waals surface area contributed by atoms with Gasteiger partial charge in [-0.05, 0) is 32.4 Å². The Bertz CT molecular complexity index is 207. The van der Waals surface area contributed by atoms with Gasteiger partial charge in [-0.15, -0.1) is 0 Å². The summed E-state index contributed by atoms with van der Waals surface area (Å²) in [6.45, 7) is 8.96. The number of piperazine rings is 1. The molecule has 2 aliphatic heterocycles. The zero-order chi connectivity index (χ0) is 12.1. The van der Waals surface area contributed by atoms with E-state index in [4.69, 9.17) is 11.6 Å². The number of nitrogens with two attached hydrogens (primary N) is 2. The van der Waals surface area contributed by atoms with Crippen molar-refractivity contribution in [2.24, 2.45) is 11.6 Å². The van der Waals surface area contributed by atoms with E-state index in [9.17, 15) is 0 Å². The molecule has 0 amide bonds. The lowest BCUT2D eigenvalue weighted by Crippen LogP contribution is -2.54. The lowest BCUT2D eigenvalue weighted by atomic mass is 10.0. The molecule has 2 fully saturated rings. The first-order chi connectivity index (χ1) is 8.29. The predicted octanol–water partition coefficient (Wildman–Crippen LogP) is -0.709. The molecular formula is C12H27N5. The Morgan fingerprint density at radius 3 is 2.18 bits per heavy atom. The topological polar surface area (TPSA) is 61.8 Å². The molecule has 0 spiro atoms. The number of rotatable bonds is 4. The lowest BCUT2D eigenvalue weighted by molar-refractivity contribution is 0.0592. The van der Waals surface area contributed by atoms with Gasteiger partial charge in [0, 0.05) is 45.3 Å². The van der Waals surface area contributed by atoms with Gasteiger partial charge in [0.1, 0.15) is 0 Å². The van der Waals surface area contributed by atoms with E-state index in [0.29, 0.717) is 0 Å². The van der Waals surface area contributed by atoms with Crippen LogP contribution in [0.15, 0.2) is 0 Å². The summed E-state index contributed by atoms with van der Waals surface area (Å²) in [6.07, 6.45) is 3.60. The summed E-state index contributed by atoms with van der Waals surface area (Å²) in [7, 11) is 0. The van der Waals surface area contributed by atoms with Gasteiger partial charge in [-0.3, -0.25) is 10.7 Å². The van der Waals surface area contributed by atoms with E-state index in [-0.39, 0.29) is 0 Å². The highest BCUT2D eigenvalue weighted by Crippen LogP contribution is 2.16. The number of hydrogen-bond acceptors (Lipinski definition) is 5. The van der Waals surface area contributed by atoms with Crippen molar-refractivity contribution in [2.75, 3.05) is 52.4 Å². The van der Waals surface area contributed by atoms with Crippen LogP contribution in [0.25, 0.3) is 0 Å². The molecule has 4 N–H and O–H groups in total. The SMILES string of the molecule is NCCCN1CCN(C2CCN(N)CC2)CC1. The molecular weight excluding hydrogens is 214 g/mol. The van der Waals surface area contributed by atoms with Crippen molar-refractivity contribution in [2.45, 2.75) is 25.3 Å². The van der Waals surface area contributed by atoms with Crippen LogP contribution in [-0.4, -0.2) is 73.2 Å². The van der Waals surface area contributed by atoms with E-state index in [1.807, 2.05) is 5.01 Å². The van der Waals surface area contributed by atoms with Crippen molar-refractivity contribution in [3.8, 4) is 0 Å². The van der Waals surface area contributed by atoms with Gasteiger partial charge in [-0.25, -0.2) is 5.01 Å². The average Bonchev–Trinajstić information content (AvgIpc) is 2.38. The molecule has 0 radical (unpaired) electrons. The minimum absolute atomic E-state index is 0.770. The second kappa shape index (κ2) is 6.66. The Labute approximate surface area is 105 Å². The first kappa shape index (κ1) is 13.2. The van der Waals surface area contributed by atoms with Gasteiger partial charge < -0.3 is 10.6 Å². The fourth-order valence-corrected chi connectivity index (χ4v) is 2.92. The number of hydrogen-bond donors (Lipinski definition) is 2. The molecule has 2 aliphatic rings. The molecule has 17 heavy (non-hydrogen) atoms. The van der Waals surface area contributed by atoms with Crippen molar-refractivity contribution >= 4 is 0 Å². The molecule has 0 aromatic heterocycles. The minimum atomic E-state index is 0.770. The highest BCUT2D eigenvalue weighted by Gasteiger charge is 2.26. The molecule has 0 aromatic rings. The highest BCUT2D eigenvalue weighted by molar-refractivity contribution is 4.82. The first-order valence-electron chi connectivity index (χ1n) is 6.95. The zero-order valence-corrected chi connectivity index (χ0v) is 10.9. The van der Waals surface area contributed by atoms with Gasteiger partial charge in [-0.1, -0.05) is 0 Å². The number of nitrogens with zero attached hydrogens (tertiary/aromatic N) is 3. The third kappa shape index (κ3) is 3.89. The normalized spacial score (nSPS) is 26.5. The van der Waals surface area contributed by atoms with Crippen LogP contribution in [0, 0.1) is 0 Å². The summed E-state index contributed by atoms with van der Waals surface area (Å²) in [5.41, 5.74) is 5.55. The largest absolute Gasteiger partial charge is 0.330 e. The van der Waals surface area contributed by atoms with E-state index < -0.39 is 0 Å². The van der Waals surface area contributed by atoms with Crippen molar-refractivity contribution in [3.05, 3.63) is 0 Å². The van der Waals surface area contributed by atoms with E-state index in [1.165, 1.54) is 45.6 Å². The molecule has 100 valence electrons. The standard InChI is InChI=1S/C12H27N5/c13-4-1-5-15-8-10-16(11-9-15)12-2-6-17(14)7-3-12/h12H,1-11,13-14H2. The number of piperidine rings is 1. The summed E-state index contributed by atoms with van der Waals surface area (Å²) in [6, 6.07) is 0.770. The van der Waals surface area contributed by atoms with Gasteiger partial charge in [-0.2, -0.15) is 0 Å². The summed E-state index contributed by atoms with van der Waals surface area (Å²) in [5, 5.41) is 1.95. The molecule has 0 unspecified atom stereocenters. The Hall–Kier alpha value is -0.200. The highest BCUT2D eigenvalue weighted by atomic mass is 15.4. The maximum absolute atomic E-state index is 5.80. The van der Waals surface area contributed by atoms with Crippen LogP contribution in [0.5, 0.6) is 0 Å². The van der Waals surface area contributed by atoms with Crippen LogP contribution in [0.2, 0.25) is 0 Å². The van der Waals surface area contributed by atoms with E-state index in [1.54, 1.807) is 0 Å². The van der Waals surface area contributed by atoms with Crippen molar-refractivity contribution in [1.82, 2.24) is 14.8 Å². The molecule has 2 saturated heterocycles. The molecule has 2 heterocycles. The van der Waals surface area contributed by atoms with Crippen LogP contribution < -0.4 is 11.6 Å². The second-order valence-corrected chi connectivity index (χ2v) is 5.29. The van der Waals surface area contributed by atoms with Crippen LogP contribution in [-0.2, 0) is 0 Å². The molecule has 5 nitrogen and oxygen atoms in total. The van der Waals surface area contributed by atoms with Crippen molar-refractivity contribution in [3.63, 3.8) is 0 Å².